The Kier molecular flexibility index (Phi) is 5.56. The second-order valence-electron chi connectivity index (χ2n) is 6.60. The Bertz CT molecular complexity index is 1170. The van der Waals surface area contributed by atoms with Crippen LogP contribution >= 0.6 is 0 Å². The van der Waals surface area contributed by atoms with Crippen LogP contribution in [-0.2, 0) is 17.5 Å². The van der Waals surface area contributed by atoms with Crippen molar-refractivity contribution >= 4 is 28.8 Å². The van der Waals surface area contributed by atoms with Crippen LogP contribution in [0.4, 0.5) is 25.1 Å². The first-order valence-corrected chi connectivity index (χ1v) is 9.31. The van der Waals surface area contributed by atoms with Crippen LogP contribution in [0.15, 0.2) is 59.5 Å². The molecule has 0 saturated heterocycles. The molecule has 0 unspecified atom stereocenters. The number of benzene rings is 1. The van der Waals surface area contributed by atoms with E-state index in [1.165, 1.54) is 12.3 Å². The number of carbonyl (C=O) groups excluding carboxylic acids is 1. The van der Waals surface area contributed by atoms with Crippen molar-refractivity contribution in [1.82, 2.24) is 19.5 Å². The van der Waals surface area contributed by atoms with Crippen LogP contribution in [-0.4, -0.2) is 32.0 Å². The summed E-state index contributed by atoms with van der Waals surface area (Å²) in [4.78, 5) is 24.6. The maximum atomic E-state index is 13.1. The molecule has 0 atom stereocenters. The van der Waals surface area contributed by atoms with Gasteiger partial charge in [-0.15, -0.1) is 0 Å². The average molecular weight is 430 g/mol. The van der Waals surface area contributed by atoms with E-state index in [0.29, 0.717) is 17.2 Å². The second-order valence-corrected chi connectivity index (χ2v) is 6.60. The fourth-order valence-corrected chi connectivity index (χ4v) is 2.99. The molecular weight excluding hydrogens is 413 g/mol. The Labute approximate surface area is 174 Å². The zero-order valence-electron chi connectivity index (χ0n) is 16.1. The molecular formula is C20H17F3N6O2. The summed E-state index contributed by atoms with van der Waals surface area (Å²) in [5, 5.41) is 5.58. The van der Waals surface area contributed by atoms with Crippen molar-refractivity contribution in [1.29, 1.82) is 0 Å². The summed E-state index contributed by atoms with van der Waals surface area (Å²) in [7, 11) is 0. The van der Waals surface area contributed by atoms with Gasteiger partial charge in [-0.2, -0.15) is 13.2 Å². The number of anilines is 2. The second kappa shape index (κ2) is 8.46. The lowest BCUT2D eigenvalue weighted by Crippen LogP contribution is -2.19. The van der Waals surface area contributed by atoms with E-state index >= 15 is 0 Å². The third-order valence-electron chi connectivity index (χ3n) is 4.42. The van der Waals surface area contributed by atoms with Crippen molar-refractivity contribution in [3.05, 3.63) is 66.4 Å². The number of hydrogen-bond donors (Lipinski definition) is 2. The molecule has 160 valence electrons. The summed E-state index contributed by atoms with van der Waals surface area (Å²) in [6, 6.07) is 8.37. The van der Waals surface area contributed by atoms with Crippen LogP contribution in [0.5, 0.6) is 0 Å². The van der Waals surface area contributed by atoms with Crippen molar-refractivity contribution in [2.75, 3.05) is 17.2 Å². The van der Waals surface area contributed by atoms with Gasteiger partial charge in [-0.1, -0.05) is 0 Å². The number of imidazole rings is 1. The maximum Gasteiger partial charge on any atom is 0.416 e. The van der Waals surface area contributed by atoms with Crippen LogP contribution in [0.3, 0.4) is 0 Å². The predicted octanol–water partition coefficient (Wildman–Crippen LogP) is 3.93. The number of halogens is 3. The van der Waals surface area contributed by atoms with E-state index in [0.717, 1.165) is 12.1 Å². The summed E-state index contributed by atoms with van der Waals surface area (Å²) in [5.74, 6) is 0.722. The highest BCUT2D eigenvalue weighted by Gasteiger charge is 2.31. The van der Waals surface area contributed by atoms with E-state index in [1.54, 1.807) is 35.2 Å². The quantitative estimate of drug-likeness (QED) is 0.461. The number of amides is 1. The van der Waals surface area contributed by atoms with Gasteiger partial charge in [-0.3, -0.25) is 10.1 Å². The summed E-state index contributed by atoms with van der Waals surface area (Å²) >= 11 is 0. The highest BCUT2D eigenvalue weighted by molar-refractivity contribution is 5.92. The first-order chi connectivity index (χ1) is 14.9. The Morgan fingerprint density at radius 3 is 2.65 bits per heavy atom. The first-order valence-electron chi connectivity index (χ1n) is 9.31. The van der Waals surface area contributed by atoms with Crippen molar-refractivity contribution in [2.45, 2.75) is 19.1 Å². The van der Waals surface area contributed by atoms with Crippen LogP contribution < -0.4 is 10.6 Å². The molecule has 2 N–H and O–H groups in total. The summed E-state index contributed by atoms with van der Waals surface area (Å²) in [6.45, 7) is 0.465. The van der Waals surface area contributed by atoms with Crippen LogP contribution in [0.2, 0.25) is 0 Å². The van der Waals surface area contributed by atoms with Gasteiger partial charge < -0.3 is 14.3 Å². The van der Waals surface area contributed by atoms with E-state index < -0.39 is 11.7 Å². The number of nitrogens with zero attached hydrogens (tertiary/aromatic N) is 4. The number of carbonyl (C=O) groups is 1. The summed E-state index contributed by atoms with van der Waals surface area (Å²) < 4.78 is 46.2. The fourth-order valence-electron chi connectivity index (χ4n) is 2.99. The number of nitrogens with one attached hydrogen (secondary N) is 2. The minimum atomic E-state index is -4.49. The molecule has 0 fully saturated rings. The van der Waals surface area contributed by atoms with Crippen LogP contribution in [0.25, 0.3) is 11.0 Å². The zero-order valence-corrected chi connectivity index (χ0v) is 16.1. The molecule has 1 aromatic carbocycles. The van der Waals surface area contributed by atoms with Gasteiger partial charge >= 0.3 is 6.18 Å². The smallest absolute Gasteiger partial charge is 0.416 e. The van der Waals surface area contributed by atoms with E-state index in [-0.39, 0.29) is 36.9 Å². The van der Waals surface area contributed by atoms with E-state index in [1.807, 2.05) is 0 Å². The summed E-state index contributed by atoms with van der Waals surface area (Å²) in [6.07, 6.45) is 0.221. The van der Waals surface area contributed by atoms with Gasteiger partial charge in [-0.05, 0) is 36.4 Å². The SMILES string of the molecule is O=C(CCNc1ncccn1)Nc1nc2cc(C(F)(F)F)ccc2n1Cc1ccco1. The van der Waals surface area contributed by atoms with Gasteiger partial charge in [-0.25, -0.2) is 15.0 Å². The molecule has 0 radical (unpaired) electrons. The minimum absolute atomic E-state index is 0.0794. The van der Waals surface area contributed by atoms with Gasteiger partial charge in [0.15, 0.2) is 0 Å². The lowest BCUT2D eigenvalue weighted by Gasteiger charge is -2.10. The zero-order chi connectivity index (χ0) is 21.8. The van der Waals surface area contributed by atoms with Gasteiger partial charge in [0.25, 0.3) is 0 Å². The van der Waals surface area contributed by atoms with Gasteiger partial charge in [0.05, 0.1) is 29.4 Å². The van der Waals surface area contributed by atoms with E-state index in [9.17, 15) is 18.0 Å². The Balaban J connectivity index is 1.55. The number of alkyl halides is 3. The van der Waals surface area contributed by atoms with E-state index in [4.69, 9.17) is 4.42 Å². The lowest BCUT2D eigenvalue weighted by molar-refractivity contribution is -0.137. The molecule has 1 amide bonds. The number of furan rings is 1. The molecule has 0 aliphatic heterocycles. The van der Waals surface area contributed by atoms with Gasteiger partial charge in [0.2, 0.25) is 17.8 Å². The molecule has 0 spiro atoms. The predicted molar refractivity (Wildman–Crippen MR) is 106 cm³/mol. The maximum absolute atomic E-state index is 13.1. The molecule has 0 bridgehead atoms. The van der Waals surface area contributed by atoms with Crippen molar-refractivity contribution in [3.8, 4) is 0 Å². The Morgan fingerprint density at radius 1 is 1.13 bits per heavy atom. The minimum Gasteiger partial charge on any atom is -0.467 e. The summed E-state index contributed by atoms with van der Waals surface area (Å²) in [5.41, 5.74) is -0.254. The Hall–Kier alpha value is -3.89. The number of hydrogen-bond acceptors (Lipinski definition) is 6. The highest BCUT2D eigenvalue weighted by Crippen LogP contribution is 2.32. The standard InChI is InChI=1S/C20H17F3N6O2/c21-20(22,23)13-4-5-16-15(11-13)27-19(29(16)12-14-3-1-10-31-14)28-17(30)6-9-26-18-24-7-2-8-25-18/h1-5,7-8,10-11H,6,9,12H2,(H,24,25,26)(H,27,28,30). The topological polar surface area (TPSA) is 97.9 Å². The lowest BCUT2D eigenvalue weighted by atomic mass is 10.2. The van der Waals surface area contributed by atoms with Gasteiger partial charge in [0, 0.05) is 25.4 Å². The normalized spacial score (nSPS) is 11.6. The molecule has 31 heavy (non-hydrogen) atoms. The van der Waals surface area contributed by atoms with Crippen LogP contribution in [0, 0.1) is 0 Å². The molecule has 3 aromatic heterocycles. The van der Waals surface area contributed by atoms with E-state index in [2.05, 4.69) is 25.6 Å². The molecule has 8 nitrogen and oxygen atoms in total. The third-order valence-corrected chi connectivity index (χ3v) is 4.42. The average Bonchev–Trinajstić information content (AvgIpc) is 3.36. The Morgan fingerprint density at radius 2 is 1.94 bits per heavy atom. The monoisotopic (exact) mass is 430 g/mol. The largest absolute Gasteiger partial charge is 0.467 e. The third kappa shape index (κ3) is 4.82. The fraction of sp³-hybridized carbons (Fsp3) is 0.200. The molecule has 11 heteroatoms. The molecule has 0 saturated carbocycles. The molecule has 0 aliphatic carbocycles. The number of aromatic nitrogens is 4. The first kappa shape index (κ1) is 20.4. The molecule has 0 aliphatic rings. The molecule has 4 aromatic rings. The van der Waals surface area contributed by atoms with Crippen LogP contribution in [0.1, 0.15) is 17.7 Å². The highest BCUT2D eigenvalue weighted by atomic mass is 19.4. The molecule has 3 heterocycles. The van der Waals surface area contributed by atoms with Crippen molar-refractivity contribution in [3.63, 3.8) is 0 Å². The van der Waals surface area contributed by atoms with Gasteiger partial charge in [0.1, 0.15) is 5.76 Å². The molecule has 4 rings (SSSR count). The number of rotatable bonds is 7. The number of fused-ring (bicyclic) bond motifs is 1. The van der Waals surface area contributed by atoms with Crippen molar-refractivity contribution in [2.24, 2.45) is 0 Å². The van der Waals surface area contributed by atoms with Crippen molar-refractivity contribution < 1.29 is 22.4 Å².